The van der Waals surface area contributed by atoms with Crippen molar-refractivity contribution in [2.24, 2.45) is 0 Å². The van der Waals surface area contributed by atoms with Crippen molar-refractivity contribution in [2.75, 3.05) is 0 Å². The van der Waals surface area contributed by atoms with Gasteiger partial charge in [0.15, 0.2) is 0 Å². The lowest BCUT2D eigenvalue weighted by Gasteiger charge is -1.93. The highest BCUT2D eigenvalue weighted by Gasteiger charge is 2.05. The van der Waals surface area contributed by atoms with Crippen LogP contribution < -0.4 is 0 Å². The van der Waals surface area contributed by atoms with Gasteiger partial charge < -0.3 is 10.1 Å². The molecule has 0 saturated heterocycles. The number of aromatic amines is 1. The number of H-pyrrole nitrogens is 1. The van der Waals surface area contributed by atoms with Crippen LogP contribution in [0.3, 0.4) is 0 Å². The zero-order valence-corrected chi connectivity index (χ0v) is 9.09. The van der Waals surface area contributed by atoms with E-state index in [1.165, 1.54) is 0 Å². The Balaban J connectivity index is 2.14. The van der Waals surface area contributed by atoms with Crippen LogP contribution in [-0.4, -0.2) is 20.1 Å². The quantitative estimate of drug-likeness (QED) is 0.702. The van der Waals surface area contributed by atoms with Gasteiger partial charge in [-0.2, -0.15) is 0 Å². The molecule has 2 heterocycles. The smallest absolute Gasteiger partial charge is 0.140 e. The number of imidazole rings is 1. The molecule has 84 valence electrons. The number of aromatic nitrogens is 3. The highest BCUT2D eigenvalue weighted by molar-refractivity contribution is 5.79. The standard InChI is InChI=1S/C13H11N3O/c17-8-9-3-4-11-12(6-9)16-13(15-11)10-2-1-5-14-7-10/h1-7,17H,8H2,(H,15,16). The van der Waals surface area contributed by atoms with E-state index in [2.05, 4.69) is 15.0 Å². The second kappa shape index (κ2) is 3.99. The minimum atomic E-state index is 0.0389. The summed E-state index contributed by atoms with van der Waals surface area (Å²) in [6.07, 6.45) is 3.50. The highest BCUT2D eigenvalue weighted by atomic mass is 16.3. The number of aliphatic hydroxyl groups is 1. The van der Waals surface area contributed by atoms with Crippen molar-refractivity contribution in [1.29, 1.82) is 0 Å². The summed E-state index contributed by atoms with van der Waals surface area (Å²) in [4.78, 5) is 11.8. The van der Waals surface area contributed by atoms with Crippen LogP contribution >= 0.6 is 0 Å². The summed E-state index contributed by atoms with van der Waals surface area (Å²) in [5.74, 6) is 0.795. The molecule has 0 aliphatic heterocycles. The van der Waals surface area contributed by atoms with Crippen LogP contribution in [-0.2, 0) is 6.61 Å². The van der Waals surface area contributed by atoms with Crippen LogP contribution in [0.5, 0.6) is 0 Å². The topological polar surface area (TPSA) is 61.8 Å². The van der Waals surface area contributed by atoms with Gasteiger partial charge >= 0.3 is 0 Å². The maximum absolute atomic E-state index is 9.08. The summed E-state index contributed by atoms with van der Waals surface area (Å²) in [6.45, 7) is 0.0389. The molecule has 17 heavy (non-hydrogen) atoms. The van der Waals surface area contributed by atoms with E-state index in [4.69, 9.17) is 5.11 Å². The van der Waals surface area contributed by atoms with Crippen LogP contribution in [0.1, 0.15) is 5.56 Å². The first kappa shape index (κ1) is 9.99. The van der Waals surface area contributed by atoms with Crippen molar-refractivity contribution in [2.45, 2.75) is 6.61 Å². The molecule has 4 heteroatoms. The maximum Gasteiger partial charge on any atom is 0.140 e. The largest absolute Gasteiger partial charge is 0.392 e. The molecule has 0 atom stereocenters. The van der Waals surface area contributed by atoms with Gasteiger partial charge in [0.1, 0.15) is 5.82 Å². The van der Waals surface area contributed by atoms with Crippen molar-refractivity contribution < 1.29 is 5.11 Å². The van der Waals surface area contributed by atoms with E-state index < -0.39 is 0 Å². The monoisotopic (exact) mass is 225 g/mol. The van der Waals surface area contributed by atoms with Crippen LogP contribution in [0.2, 0.25) is 0 Å². The molecule has 0 aliphatic carbocycles. The molecule has 0 amide bonds. The fraction of sp³-hybridized carbons (Fsp3) is 0.0769. The molecule has 0 fully saturated rings. The number of fused-ring (bicyclic) bond motifs is 1. The first-order valence-electron chi connectivity index (χ1n) is 5.37. The number of hydrogen-bond acceptors (Lipinski definition) is 3. The molecular formula is C13H11N3O. The molecule has 0 aliphatic rings. The van der Waals surface area contributed by atoms with E-state index in [9.17, 15) is 0 Å². The third-order valence-electron chi connectivity index (χ3n) is 2.66. The zero-order valence-electron chi connectivity index (χ0n) is 9.09. The summed E-state index contributed by atoms with van der Waals surface area (Å²) in [6, 6.07) is 9.51. The number of hydrogen-bond donors (Lipinski definition) is 2. The Morgan fingerprint density at radius 1 is 1.24 bits per heavy atom. The predicted octanol–water partition coefficient (Wildman–Crippen LogP) is 2.12. The van der Waals surface area contributed by atoms with Crippen LogP contribution in [0, 0.1) is 0 Å². The number of benzene rings is 1. The Kier molecular flexibility index (Phi) is 2.34. The Morgan fingerprint density at radius 3 is 2.94 bits per heavy atom. The third-order valence-corrected chi connectivity index (χ3v) is 2.66. The average molecular weight is 225 g/mol. The van der Waals surface area contributed by atoms with E-state index in [-0.39, 0.29) is 6.61 Å². The van der Waals surface area contributed by atoms with Crippen LogP contribution in [0.25, 0.3) is 22.4 Å². The number of aliphatic hydroxyl groups excluding tert-OH is 1. The molecule has 0 radical (unpaired) electrons. The van der Waals surface area contributed by atoms with Crippen molar-refractivity contribution >= 4 is 11.0 Å². The van der Waals surface area contributed by atoms with E-state index in [1.807, 2.05) is 30.3 Å². The fourth-order valence-corrected chi connectivity index (χ4v) is 1.79. The average Bonchev–Trinajstić information content (AvgIpc) is 2.82. The van der Waals surface area contributed by atoms with Crippen molar-refractivity contribution in [3.63, 3.8) is 0 Å². The summed E-state index contributed by atoms with van der Waals surface area (Å²) in [5, 5.41) is 9.08. The molecule has 0 saturated carbocycles. The van der Waals surface area contributed by atoms with Gasteiger partial charge in [-0.3, -0.25) is 4.98 Å². The van der Waals surface area contributed by atoms with Gasteiger partial charge in [0.25, 0.3) is 0 Å². The first-order chi connectivity index (χ1) is 8.36. The second-order valence-corrected chi connectivity index (χ2v) is 3.84. The van der Waals surface area contributed by atoms with E-state index in [0.29, 0.717) is 0 Å². The Hall–Kier alpha value is -2.20. The molecule has 0 spiro atoms. The lowest BCUT2D eigenvalue weighted by atomic mass is 10.2. The molecular weight excluding hydrogens is 214 g/mol. The van der Waals surface area contributed by atoms with Gasteiger partial charge in [-0.05, 0) is 29.8 Å². The van der Waals surface area contributed by atoms with Gasteiger partial charge in [0, 0.05) is 18.0 Å². The van der Waals surface area contributed by atoms with E-state index in [0.717, 1.165) is 28.0 Å². The Bertz CT molecular complexity index is 646. The van der Waals surface area contributed by atoms with Crippen LogP contribution in [0.4, 0.5) is 0 Å². The fourth-order valence-electron chi connectivity index (χ4n) is 1.79. The summed E-state index contributed by atoms with van der Waals surface area (Å²) in [5.41, 5.74) is 3.64. The van der Waals surface area contributed by atoms with Gasteiger partial charge in [0.2, 0.25) is 0 Å². The lowest BCUT2D eigenvalue weighted by molar-refractivity contribution is 0.282. The molecule has 3 aromatic rings. The van der Waals surface area contributed by atoms with Gasteiger partial charge in [-0.15, -0.1) is 0 Å². The predicted molar refractivity (Wildman–Crippen MR) is 65.2 cm³/mol. The Morgan fingerprint density at radius 2 is 2.18 bits per heavy atom. The van der Waals surface area contributed by atoms with Crippen molar-refractivity contribution in [3.8, 4) is 11.4 Å². The molecule has 2 aromatic heterocycles. The van der Waals surface area contributed by atoms with Gasteiger partial charge in [0.05, 0.1) is 17.6 Å². The molecule has 1 aromatic carbocycles. The minimum absolute atomic E-state index is 0.0389. The lowest BCUT2D eigenvalue weighted by Crippen LogP contribution is -1.81. The van der Waals surface area contributed by atoms with Crippen molar-refractivity contribution in [3.05, 3.63) is 48.3 Å². The van der Waals surface area contributed by atoms with Gasteiger partial charge in [-0.1, -0.05) is 6.07 Å². The van der Waals surface area contributed by atoms with Crippen LogP contribution in [0.15, 0.2) is 42.7 Å². The van der Waals surface area contributed by atoms with E-state index >= 15 is 0 Å². The molecule has 3 rings (SSSR count). The summed E-state index contributed by atoms with van der Waals surface area (Å²) in [7, 11) is 0. The highest BCUT2D eigenvalue weighted by Crippen LogP contribution is 2.20. The third kappa shape index (κ3) is 1.79. The molecule has 4 nitrogen and oxygen atoms in total. The molecule has 0 bridgehead atoms. The normalized spacial score (nSPS) is 10.9. The summed E-state index contributed by atoms with van der Waals surface area (Å²) < 4.78 is 0. The number of pyridine rings is 1. The number of nitrogens with one attached hydrogen (secondary N) is 1. The summed E-state index contributed by atoms with van der Waals surface area (Å²) >= 11 is 0. The maximum atomic E-state index is 9.08. The first-order valence-corrected chi connectivity index (χ1v) is 5.37. The van der Waals surface area contributed by atoms with Gasteiger partial charge in [-0.25, -0.2) is 4.98 Å². The minimum Gasteiger partial charge on any atom is -0.392 e. The SMILES string of the molecule is OCc1ccc2nc(-c3cccnc3)[nH]c2c1. The molecule has 2 N–H and O–H groups in total. The number of nitrogens with zero attached hydrogens (tertiary/aromatic N) is 2. The zero-order chi connectivity index (χ0) is 11.7. The molecule has 0 unspecified atom stereocenters. The number of rotatable bonds is 2. The Labute approximate surface area is 98.0 Å². The second-order valence-electron chi connectivity index (χ2n) is 3.84. The van der Waals surface area contributed by atoms with Crippen molar-refractivity contribution in [1.82, 2.24) is 15.0 Å². The van der Waals surface area contributed by atoms with E-state index in [1.54, 1.807) is 12.4 Å².